The Hall–Kier alpha value is -3.05. The number of benzene rings is 1. The van der Waals surface area contributed by atoms with Gasteiger partial charge in [0.1, 0.15) is 5.52 Å². The molecule has 3 aromatic rings. The van der Waals surface area contributed by atoms with E-state index in [0.717, 1.165) is 18.9 Å². The van der Waals surface area contributed by atoms with Gasteiger partial charge >= 0.3 is 0 Å². The number of ether oxygens (including phenoxy) is 1. The largest absolute Gasteiger partial charge is 0.381 e. The Kier molecular flexibility index (Phi) is 6.70. The SMILES string of the molecule is NC(=O)[C@H]1CC[C@H](n2c(Nc3c(Cl)ccc(F)c3F)nc3cnc(NC4CCOCC4)nc32)CC1. The van der Waals surface area contributed by atoms with Gasteiger partial charge in [-0.05, 0) is 50.7 Å². The van der Waals surface area contributed by atoms with E-state index in [1.807, 2.05) is 4.57 Å². The number of carbonyl (C=O) groups is 1. The molecule has 1 aromatic carbocycles. The number of primary amides is 1. The van der Waals surface area contributed by atoms with Crippen LogP contribution in [0.25, 0.3) is 11.2 Å². The van der Waals surface area contributed by atoms with Gasteiger partial charge in [0.15, 0.2) is 17.3 Å². The summed E-state index contributed by atoms with van der Waals surface area (Å²) in [6, 6.07) is 2.36. The van der Waals surface area contributed by atoms with E-state index in [4.69, 9.17) is 27.1 Å². The Bertz CT molecular complexity index is 1240. The van der Waals surface area contributed by atoms with Gasteiger partial charge in [-0.15, -0.1) is 0 Å². The number of imidazole rings is 1. The topological polar surface area (TPSA) is 120 Å². The molecule has 1 saturated carbocycles. The first kappa shape index (κ1) is 23.7. The number of hydrogen-bond donors (Lipinski definition) is 3. The van der Waals surface area contributed by atoms with Crippen LogP contribution in [0.4, 0.5) is 26.4 Å². The van der Waals surface area contributed by atoms with E-state index in [1.165, 1.54) is 6.07 Å². The molecule has 2 aromatic heterocycles. The minimum absolute atomic E-state index is 0.0212. The molecule has 4 N–H and O–H groups in total. The summed E-state index contributed by atoms with van der Waals surface area (Å²) in [5, 5.41) is 6.26. The fourth-order valence-corrected chi connectivity index (χ4v) is 4.98. The first-order valence-electron chi connectivity index (χ1n) is 11.7. The van der Waals surface area contributed by atoms with Crippen molar-refractivity contribution in [2.75, 3.05) is 23.8 Å². The number of aromatic nitrogens is 4. The van der Waals surface area contributed by atoms with Crippen molar-refractivity contribution in [1.82, 2.24) is 19.5 Å². The van der Waals surface area contributed by atoms with Crippen molar-refractivity contribution in [3.05, 3.63) is 35.0 Å². The Morgan fingerprint density at radius 1 is 1.11 bits per heavy atom. The number of amides is 1. The van der Waals surface area contributed by atoms with E-state index in [1.54, 1.807) is 6.20 Å². The first-order chi connectivity index (χ1) is 16.9. The van der Waals surface area contributed by atoms with Crippen molar-refractivity contribution in [3.8, 4) is 0 Å². The number of hydrogen-bond acceptors (Lipinski definition) is 7. The molecule has 0 radical (unpaired) electrons. The molecule has 0 unspecified atom stereocenters. The van der Waals surface area contributed by atoms with Crippen molar-refractivity contribution < 1.29 is 18.3 Å². The Balaban J connectivity index is 1.53. The standard InChI is InChI=1S/C23H26ClF2N7O2/c24-15-5-6-16(25)18(26)19(15)31-23-30-17-11-28-22(29-13-7-9-35-10-8-13)32-21(17)33(23)14-3-1-12(2-4-14)20(27)34/h5-6,11-14H,1-4,7-10H2,(H2,27,34)(H,30,31)(H,28,29,32)/t12-,14-. The van der Waals surface area contributed by atoms with Crippen LogP contribution in [0.1, 0.15) is 44.6 Å². The molecule has 9 nitrogen and oxygen atoms in total. The highest BCUT2D eigenvalue weighted by atomic mass is 35.5. The average Bonchev–Trinajstić information content (AvgIpc) is 3.22. The second-order valence-electron chi connectivity index (χ2n) is 8.99. The van der Waals surface area contributed by atoms with Gasteiger partial charge in [0.25, 0.3) is 0 Å². The van der Waals surface area contributed by atoms with Gasteiger partial charge in [-0.25, -0.2) is 18.7 Å². The van der Waals surface area contributed by atoms with Crippen molar-refractivity contribution in [2.24, 2.45) is 11.7 Å². The van der Waals surface area contributed by atoms with E-state index in [0.29, 0.717) is 56.0 Å². The molecule has 1 aliphatic carbocycles. The molecule has 1 saturated heterocycles. The van der Waals surface area contributed by atoms with Gasteiger partial charge in [-0.2, -0.15) is 4.98 Å². The summed E-state index contributed by atoms with van der Waals surface area (Å²) in [6.45, 7) is 1.35. The summed E-state index contributed by atoms with van der Waals surface area (Å²) in [7, 11) is 0. The second kappa shape index (κ2) is 9.90. The highest BCUT2D eigenvalue weighted by molar-refractivity contribution is 6.33. The lowest BCUT2D eigenvalue weighted by Gasteiger charge is -2.29. The lowest BCUT2D eigenvalue weighted by atomic mass is 9.85. The molecular formula is C23H26ClF2N7O2. The Labute approximate surface area is 205 Å². The number of rotatable bonds is 6. The number of fused-ring (bicyclic) bond motifs is 1. The van der Waals surface area contributed by atoms with Crippen molar-refractivity contribution >= 4 is 46.3 Å². The molecule has 2 fully saturated rings. The molecule has 35 heavy (non-hydrogen) atoms. The van der Waals surface area contributed by atoms with Crippen LogP contribution in [0.15, 0.2) is 18.3 Å². The van der Waals surface area contributed by atoms with Crippen LogP contribution >= 0.6 is 11.6 Å². The molecule has 0 spiro atoms. The molecule has 3 heterocycles. The highest BCUT2D eigenvalue weighted by Crippen LogP contribution is 2.38. The number of anilines is 3. The molecule has 1 amide bonds. The number of carbonyl (C=O) groups excluding carboxylic acids is 1. The number of nitrogens with one attached hydrogen (secondary N) is 2. The van der Waals surface area contributed by atoms with Crippen LogP contribution in [-0.4, -0.2) is 44.7 Å². The van der Waals surface area contributed by atoms with Crippen LogP contribution < -0.4 is 16.4 Å². The highest BCUT2D eigenvalue weighted by Gasteiger charge is 2.30. The van der Waals surface area contributed by atoms with E-state index in [2.05, 4.69) is 20.6 Å². The zero-order valence-corrected chi connectivity index (χ0v) is 19.7. The van der Waals surface area contributed by atoms with Crippen molar-refractivity contribution in [3.63, 3.8) is 0 Å². The quantitative estimate of drug-likeness (QED) is 0.427. The lowest BCUT2D eigenvalue weighted by molar-refractivity contribution is -0.122. The summed E-state index contributed by atoms with van der Waals surface area (Å²) in [6.07, 6.45) is 5.84. The molecule has 1 aliphatic heterocycles. The third-order valence-electron chi connectivity index (χ3n) is 6.73. The second-order valence-corrected chi connectivity index (χ2v) is 9.40. The minimum Gasteiger partial charge on any atom is -0.381 e. The molecule has 5 rings (SSSR count). The van der Waals surface area contributed by atoms with E-state index in [9.17, 15) is 13.6 Å². The van der Waals surface area contributed by atoms with Crippen molar-refractivity contribution in [1.29, 1.82) is 0 Å². The first-order valence-corrected chi connectivity index (χ1v) is 12.1. The van der Waals surface area contributed by atoms with Gasteiger partial charge in [0.05, 0.1) is 16.9 Å². The van der Waals surface area contributed by atoms with Crippen LogP contribution in [-0.2, 0) is 9.53 Å². The average molecular weight is 506 g/mol. The smallest absolute Gasteiger partial charge is 0.224 e. The Morgan fingerprint density at radius 3 is 2.57 bits per heavy atom. The van der Waals surface area contributed by atoms with Gasteiger partial charge in [0, 0.05) is 31.2 Å². The third kappa shape index (κ3) is 4.87. The molecule has 2 aliphatic rings. The molecule has 186 valence electrons. The molecule has 0 bridgehead atoms. The van der Waals surface area contributed by atoms with E-state index in [-0.39, 0.29) is 40.6 Å². The maximum atomic E-state index is 14.6. The molecular weight excluding hydrogens is 480 g/mol. The number of nitrogens with two attached hydrogens (primary N) is 1. The van der Waals surface area contributed by atoms with Crippen LogP contribution in [0.2, 0.25) is 5.02 Å². The number of halogens is 3. The fraction of sp³-hybridized carbons (Fsp3) is 0.478. The predicted molar refractivity (Wildman–Crippen MR) is 128 cm³/mol. The van der Waals surface area contributed by atoms with Crippen LogP contribution in [0, 0.1) is 17.6 Å². The van der Waals surface area contributed by atoms with E-state index < -0.39 is 11.6 Å². The minimum atomic E-state index is -1.10. The van der Waals surface area contributed by atoms with Crippen molar-refractivity contribution in [2.45, 2.75) is 50.6 Å². The predicted octanol–water partition coefficient (Wildman–Crippen LogP) is 4.31. The normalized spacial score (nSPS) is 21.2. The molecule has 0 atom stereocenters. The summed E-state index contributed by atoms with van der Waals surface area (Å²) < 4.78 is 35.8. The summed E-state index contributed by atoms with van der Waals surface area (Å²) in [4.78, 5) is 25.4. The summed E-state index contributed by atoms with van der Waals surface area (Å²) in [5.41, 5.74) is 6.35. The zero-order valence-electron chi connectivity index (χ0n) is 18.9. The van der Waals surface area contributed by atoms with Gasteiger partial charge in [0.2, 0.25) is 17.8 Å². The van der Waals surface area contributed by atoms with Gasteiger partial charge in [-0.1, -0.05) is 11.6 Å². The summed E-state index contributed by atoms with van der Waals surface area (Å²) in [5.74, 6) is -1.89. The van der Waals surface area contributed by atoms with Crippen LogP contribution in [0.3, 0.4) is 0 Å². The summed E-state index contributed by atoms with van der Waals surface area (Å²) >= 11 is 6.17. The molecule has 12 heteroatoms. The van der Waals surface area contributed by atoms with Crippen LogP contribution in [0.5, 0.6) is 0 Å². The van der Waals surface area contributed by atoms with Gasteiger partial charge in [-0.3, -0.25) is 9.36 Å². The monoisotopic (exact) mass is 505 g/mol. The maximum Gasteiger partial charge on any atom is 0.224 e. The van der Waals surface area contributed by atoms with E-state index >= 15 is 0 Å². The lowest BCUT2D eigenvalue weighted by Crippen LogP contribution is -2.29. The fourth-order valence-electron chi connectivity index (χ4n) is 4.79. The third-order valence-corrected chi connectivity index (χ3v) is 7.05. The zero-order chi connectivity index (χ0) is 24.5. The Morgan fingerprint density at radius 2 is 1.86 bits per heavy atom. The van der Waals surface area contributed by atoms with Gasteiger partial charge < -0.3 is 21.1 Å². The maximum absolute atomic E-state index is 14.6. The number of nitrogens with zero attached hydrogens (tertiary/aromatic N) is 4.